The van der Waals surface area contributed by atoms with Crippen molar-refractivity contribution < 1.29 is 9.53 Å². The molecular formula is C12H12O2. The van der Waals surface area contributed by atoms with E-state index in [1.54, 1.807) is 6.07 Å². The van der Waals surface area contributed by atoms with Crippen molar-refractivity contribution in [2.45, 2.75) is 13.8 Å². The lowest BCUT2D eigenvalue weighted by molar-refractivity contribution is 0.0715. The van der Waals surface area contributed by atoms with Gasteiger partial charge in [0.2, 0.25) is 0 Å². The summed E-state index contributed by atoms with van der Waals surface area (Å²) < 4.78 is 5.16. The maximum atomic E-state index is 11.4. The second kappa shape index (κ2) is 3.29. The van der Waals surface area contributed by atoms with Gasteiger partial charge in [-0.05, 0) is 18.1 Å². The van der Waals surface area contributed by atoms with Gasteiger partial charge in [0.1, 0.15) is 5.76 Å². The summed E-state index contributed by atoms with van der Waals surface area (Å²) in [4.78, 5) is 11.4. The van der Waals surface area contributed by atoms with Crippen LogP contribution in [0.3, 0.4) is 0 Å². The number of esters is 1. The number of allylic oxidation sites excluding steroid dienone is 1. The predicted octanol–water partition coefficient (Wildman–Crippen LogP) is 2.85. The Labute approximate surface area is 83.2 Å². The van der Waals surface area contributed by atoms with Crippen LogP contribution in [0.2, 0.25) is 0 Å². The quantitative estimate of drug-likeness (QED) is 0.633. The smallest absolute Gasteiger partial charge is 0.344 e. The molecule has 2 rings (SSSR count). The van der Waals surface area contributed by atoms with Crippen LogP contribution in [0.1, 0.15) is 29.8 Å². The maximum Gasteiger partial charge on any atom is 0.344 e. The van der Waals surface area contributed by atoms with E-state index in [0.29, 0.717) is 17.2 Å². The van der Waals surface area contributed by atoms with Gasteiger partial charge in [-0.2, -0.15) is 0 Å². The lowest BCUT2D eigenvalue weighted by atomic mass is 10.1. The van der Waals surface area contributed by atoms with Gasteiger partial charge in [-0.1, -0.05) is 32.0 Å². The van der Waals surface area contributed by atoms with Crippen LogP contribution in [0.5, 0.6) is 0 Å². The Morgan fingerprint density at radius 3 is 2.50 bits per heavy atom. The Balaban J connectivity index is 2.49. The number of cyclic esters (lactones) is 1. The number of hydrogen-bond acceptors (Lipinski definition) is 2. The SMILES string of the molecule is CC(C)C=C1OC(=O)c2ccccc21. The number of rotatable bonds is 1. The fraction of sp³-hybridized carbons (Fsp3) is 0.250. The standard InChI is InChI=1S/C12H12O2/c1-8(2)7-11-9-5-3-4-6-10(9)12(13)14-11/h3-8H,1-2H3. The molecule has 1 aliphatic rings. The molecule has 0 aliphatic carbocycles. The van der Waals surface area contributed by atoms with Crippen molar-refractivity contribution in [2.75, 3.05) is 0 Å². The highest BCUT2D eigenvalue weighted by atomic mass is 16.5. The first-order chi connectivity index (χ1) is 6.68. The van der Waals surface area contributed by atoms with Gasteiger partial charge < -0.3 is 4.74 Å². The van der Waals surface area contributed by atoms with E-state index in [4.69, 9.17) is 4.74 Å². The summed E-state index contributed by atoms with van der Waals surface area (Å²) >= 11 is 0. The zero-order chi connectivity index (χ0) is 10.1. The van der Waals surface area contributed by atoms with Gasteiger partial charge in [0.05, 0.1) is 5.56 Å². The summed E-state index contributed by atoms with van der Waals surface area (Å²) in [5.41, 5.74) is 1.57. The average molecular weight is 188 g/mol. The highest BCUT2D eigenvalue weighted by Gasteiger charge is 2.25. The van der Waals surface area contributed by atoms with Crippen LogP contribution < -0.4 is 0 Å². The van der Waals surface area contributed by atoms with Crippen LogP contribution >= 0.6 is 0 Å². The fourth-order valence-corrected chi connectivity index (χ4v) is 1.51. The Morgan fingerprint density at radius 2 is 1.86 bits per heavy atom. The average Bonchev–Trinajstić information content (AvgIpc) is 2.44. The van der Waals surface area contributed by atoms with Crippen LogP contribution in [-0.4, -0.2) is 5.97 Å². The first-order valence-electron chi connectivity index (χ1n) is 4.72. The van der Waals surface area contributed by atoms with Crippen molar-refractivity contribution in [1.29, 1.82) is 0 Å². The van der Waals surface area contributed by atoms with E-state index in [0.717, 1.165) is 5.56 Å². The summed E-state index contributed by atoms with van der Waals surface area (Å²) in [5.74, 6) is 0.831. The minimum atomic E-state index is -0.243. The minimum absolute atomic E-state index is 0.243. The molecule has 2 nitrogen and oxygen atoms in total. The Kier molecular flexibility index (Phi) is 2.12. The van der Waals surface area contributed by atoms with Gasteiger partial charge in [0.15, 0.2) is 0 Å². The van der Waals surface area contributed by atoms with Gasteiger partial charge in [-0.3, -0.25) is 0 Å². The largest absolute Gasteiger partial charge is 0.423 e. The number of ether oxygens (including phenoxy) is 1. The summed E-state index contributed by atoms with van der Waals surface area (Å²) in [6.45, 7) is 4.11. The third-order valence-electron chi connectivity index (χ3n) is 2.10. The minimum Gasteiger partial charge on any atom is -0.423 e. The predicted molar refractivity (Wildman–Crippen MR) is 54.7 cm³/mol. The van der Waals surface area contributed by atoms with Crippen molar-refractivity contribution in [1.82, 2.24) is 0 Å². The van der Waals surface area contributed by atoms with Gasteiger partial charge in [-0.25, -0.2) is 4.79 Å². The summed E-state index contributed by atoms with van der Waals surface area (Å²) in [7, 11) is 0. The number of hydrogen-bond donors (Lipinski definition) is 0. The molecule has 14 heavy (non-hydrogen) atoms. The van der Waals surface area contributed by atoms with E-state index < -0.39 is 0 Å². The normalized spacial score (nSPS) is 17.4. The number of benzene rings is 1. The molecule has 0 N–H and O–H groups in total. The molecule has 1 aromatic carbocycles. The molecule has 0 atom stereocenters. The third kappa shape index (κ3) is 1.43. The zero-order valence-corrected chi connectivity index (χ0v) is 8.28. The molecule has 72 valence electrons. The van der Waals surface area contributed by atoms with E-state index in [9.17, 15) is 4.79 Å². The molecule has 1 heterocycles. The molecule has 1 aromatic rings. The van der Waals surface area contributed by atoms with Gasteiger partial charge in [0, 0.05) is 5.56 Å². The molecule has 0 aromatic heterocycles. The van der Waals surface area contributed by atoms with Crippen molar-refractivity contribution >= 4 is 11.7 Å². The van der Waals surface area contributed by atoms with E-state index in [-0.39, 0.29) is 5.97 Å². The van der Waals surface area contributed by atoms with Gasteiger partial charge in [0.25, 0.3) is 0 Å². The van der Waals surface area contributed by atoms with Gasteiger partial charge >= 0.3 is 5.97 Å². The summed E-state index contributed by atoms with van der Waals surface area (Å²) in [6.07, 6.45) is 1.96. The van der Waals surface area contributed by atoms with Crippen LogP contribution in [0.25, 0.3) is 5.76 Å². The van der Waals surface area contributed by atoms with Crippen molar-refractivity contribution in [3.05, 3.63) is 41.5 Å². The third-order valence-corrected chi connectivity index (χ3v) is 2.10. The van der Waals surface area contributed by atoms with Gasteiger partial charge in [-0.15, -0.1) is 0 Å². The fourth-order valence-electron chi connectivity index (χ4n) is 1.51. The summed E-state index contributed by atoms with van der Waals surface area (Å²) in [5, 5.41) is 0. The molecule has 0 radical (unpaired) electrons. The molecule has 2 heteroatoms. The topological polar surface area (TPSA) is 26.3 Å². The number of fused-ring (bicyclic) bond motifs is 1. The molecule has 0 bridgehead atoms. The molecule has 0 saturated carbocycles. The molecule has 0 unspecified atom stereocenters. The van der Waals surface area contributed by atoms with E-state index in [2.05, 4.69) is 13.8 Å². The first kappa shape index (κ1) is 9.00. The Bertz CT molecular complexity index is 403. The van der Waals surface area contributed by atoms with Crippen LogP contribution in [0.15, 0.2) is 30.3 Å². The molecular weight excluding hydrogens is 176 g/mol. The first-order valence-corrected chi connectivity index (χ1v) is 4.72. The molecule has 1 aliphatic heterocycles. The highest BCUT2D eigenvalue weighted by Crippen LogP contribution is 2.30. The molecule has 0 spiro atoms. The Hall–Kier alpha value is -1.57. The monoisotopic (exact) mass is 188 g/mol. The molecule has 0 fully saturated rings. The Morgan fingerprint density at radius 1 is 1.21 bits per heavy atom. The van der Waals surface area contributed by atoms with Crippen molar-refractivity contribution in [2.24, 2.45) is 5.92 Å². The second-order valence-corrected chi connectivity index (χ2v) is 3.71. The maximum absolute atomic E-state index is 11.4. The lowest BCUT2D eigenvalue weighted by Crippen LogP contribution is -1.92. The van der Waals surface area contributed by atoms with E-state index in [1.165, 1.54) is 0 Å². The zero-order valence-electron chi connectivity index (χ0n) is 8.28. The highest BCUT2D eigenvalue weighted by molar-refractivity contribution is 6.02. The molecule has 0 saturated heterocycles. The second-order valence-electron chi connectivity index (χ2n) is 3.71. The van der Waals surface area contributed by atoms with Crippen molar-refractivity contribution in [3.63, 3.8) is 0 Å². The number of carbonyl (C=O) groups excluding carboxylic acids is 1. The van der Waals surface area contributed by atoms with Crippen LogP contribution in [0.4, 0.5) is 0 Å². The summed E-state index contributed by atoms with van der Waals surface area (Å²) in [6, 6.07) is 7.46. The molecule has 0 amide bonds. The number of carbonyl (C=O) groups is 1. The van der Waals surface area contributed by atoms with E-state index >= 15 is 0 Å². The van der Waals surface area contributed by atoms with Crippen LogP contribution in [0, 0.1) is 5.92 Å². The van der Waals surface area contributed by atoms with E-state index in [1.807, 2.05) is 24.3 Å². The van der Waals surface area contributed by atoms with Crippen molar-refractivity contribution in [3.8, 4) is 0 Å². The lowest BCUT2D eigenvalue weighted by Gasteiger charge is -2.00. The van der Waals surface area contributed by atoms with Crippen LogP contribution in [-0.2, 0) is 4.74 Å².